The molecule has 1 fully saturated rings. The molecule has 1 aliphatic heterocycles. The molecule has 0 N–H and O–H groups in total. The van der Waals surface area contributed by atoms with Crippen molar-refractivity contribution in [3.05, 3.63) is 65.0 Å². The summed E-state index contributed by atoms with van der Waals surface area (Å²) in [6, 6.07) is 12.3. The van der Waals surface area contributed by atoms with Crippen LogP contribution in [0.3, 0.4) is 0 Å². The lowest BCUT2D eigenvalue weighted by Gasteiger charge is -2.31. The van der Waals surface area contributed by atoms with Gasteiger partial charge in [0, 0.05) is 41.5 Å². The zero-order chi connectivity index (χ0) is 17.2. The molecule has 1 aromatic carbocycles. The monoisotopic (exact) mass is 332 g/mol. The van der Waals surface area contributed by atoms with Gasteiger partial charge in [-0.25, -0.2) is 4.79 Å². The number of hydrogen-bond donors (Lipinski definition) is 0. The second-order valence-electron chi connectivity index (χ2n) is 6.55. The summed E-state index contributed by atoms with van der Waals surface area (Å²) in [6.07, 6.45) is 4.48. The Kier molecular flexibility index (Phi) is 4.15. The summed E-state index contributed by atoms with van der Waals surface area (Å²) in [5.41, 5.74) is 4.36. The number of aromatic nitrogens is 1. The zero-order valence-electron chi connectivity index (χ0n) is 14.2. The topological polar surface area (TPSA) is 42.4 Å². The van der Waals surface area contributed by atoms with Crippen LogP contribution in [-0.4, -0.2) is 35.7 Å². The second kappa shape index (κ2) is 6.60. The maximum atomic E-state index is 11.9. The summed E-state index contributed by atoms with van der Waals surface area (Å²) >= 11 is 0. The van der Waals surface area contributed by atoms with Crippen LogP contribution < -0.4 is 0 Å². The number of pyridine rings is 1. The number of hydrogen-bond acceptors (Lipinski definition) is 3. The van der Waals surface area contributed by atoms with E-state index in [4.69, 9.17) is 9.72 Å². The first-order chi connectivity index (χ1) is 12.3. The highest BCUT2D eigenvalue weighted by molar-refractivity contribution is 5.68. The van der Waals surface area contributed by atoms with Gasteiger partial charge in [-0.2, -0.15) is 0 Å². The standard InChI is InChI=1S/C21H20N2O2/c1-25-21(24)23-12-11-18-19(23)10-9-17-13-16(14-22-20(17)18)8-7-15-5-3-2-4-6-15/h2-6,13-14,18-19H,9-12H2,1H3/t18-,19-/m1/s1. The highest BCUT2D eigenvalue weighted by atomic mass is 16.5. The Bertz CT molecular complexity index is 851. The molecule has 0 bridgehead atoms. The molecule has 0 unspecified atom stereocenters. The number of methoxy groups -OCH3 is 1. The molecule has 4 nitrogen and oxygen atoms in total. The van der Waals surface area contributed by atoms with Gasteiger partial charge in [0.25, 0.3) is 0 Å². The van der Waals surface area contributed by atoms with Crippen molar-refractivity contribution >= 4 is 6.09 Å². The normalized spacial score (nSPS) is 20.9. The number of aryl methyl sites for hydroxylation is 1. The van der Waals surface area contributed by atoms with Crippen LogP contribution in [0, 0.1) is 11.8 Å². The van der Waals surface area contributed by atoms with E-state index in [0.717, 1.165) is 42.6 Å². The van der Waals surface area contributed by atoms with Crippen LogP contribution in [0.1, 0.15) is 41.1 Å². The Morgan fingerprint density at radius 2 is 2.00 bits per heavy atom. The van der Waals surface area contributed by atoms with Gasteiger partial charge in [0.1, 0.15) is 0 Å². The van der Waals surface area contributed by atoms with Crippen molar-refractivity contribution in [2.24, 2.45) is 0 Å². The summed E-state index contributed by atoms with van der Waals surface area (Å²) < 4.78 is 4.91. The van der Waals surface area contributed by atoms with Crippen LogP contribution in [0.25, 0.3) is 0 Å². The molecular weight excluding hydrogens is 312 g/mol. The van der Waals surface area contributed by atoms with Gasteiger partial charge in [-0.3, -0.25) is 4.98 Å². The first-order valence-corrected chi connectivity index (χ1v) is 8.67. The van der Waals surface area contributed by atoms with Crippen molar-refractivity contribution in [1.82, 2.24) is 9.88 Å². The maximum Gasteiger partial charge on any atom is 0.409 e. The molecule has 2 heterocycles. The Labute approximate surface area is 147 Å². The molecule has 4 rings (SSSR count). The third-order valence-electron chi connectivity index (χ3n) is 5.14. The molecule has 1 aromatic heterocycles. The number of nitrogens with zero attached hydrogens (tertiary/aromatic N) is 2. The first-order valence-electron chi connectivity index (χ1n) is 8.67. The van der Waals surface area contributed by atoms with Crippen LogP contribution in [0.5, 0.6) is 0 Å². The van der Waals surface area contributed by atoms with Gasteiger partial charge in [-0.15, -0.1) is 0 Å². The fourth-order valence-corrected chi connectivity index (χ4v) is 3.97. The molecule has 0 radical (unpaired) electrons. The van der Waals surface area contributed by atoms with E-state index in [1.54, 1.807) is 0 Å². The molecule has 1 amide bonds. The van der Waals surface area contributed by atoms with Crippen molar-refractivity contribution in [1.29, 1.82) is 0 Å². The van der Waals surface area contributed by atoms with Gasteiger partial charge in [-0.1, -0.05) is 30.0 Å². The lowest BCUT2D eigenvalue weighted by atomic mass is 9.82. The summed E-state index contributed by atoms with van der Waals surface area (Å²) in [5.74, 6) is 6.71. The van der Waals surface area contributed by atoms with E-state index in [0.29, 0.717) is 5.92 Å². The fraction of sp³-hybridized carbons (Fsp3) is 0.333. The predicted molar refractivity (Wildman–Crippen MR) is 95.2 cm³/mol. The average molecular weight is 332 g/mol. The predicted octanol–water partition coefficient (Wildman–Crippen LogP) is 3.35. The van der Waals surface area contributed by atoms with Crippen LogP contribution >= 0.6 is 0 Å². The molecular formula is C21H20N2O2. The number of rotatable bonds is 0. The fourth-order valence-electron chi connectivity index (χ4n) is 3.97. The third kappa shape index (κ3) is 2.98. The minimum atomic E-state index is -0.221. The lowest BCUT2D eigenvalue weighted by molar-refractivity contribution is 0.114. The zero-order valence-corrected chi connectivity index (χ0v) is 14.2. The summed E-state index contributed by atoms with van der Waals surface area (Å²) in [5, 5.41) is 0. The van der Waals surface area contributed by atoms with E-state index in [1.807, 2.05) is 41.4 Å². The van der Waals surface area contributed by atoms with Gasteiger partial charge in [0.2, 0.25) is 0 Å². The highest BCUT2D eigenvalue weighted by Gasteiger charge is 2.42. The molecule has 1 saturated heterocycles. The summed E-state index contributed by atoms with van der Waals surface area (Å²) in [7, 11) is 1.45. The average Bonchev–Trinajstić information content (AvgIpc) is 3.11. The van der Waals surface area contributed by atoms with Crippen molar-refractivity contribution in [3.8, 4) is 11.8 Å². The molecule has 0 spiro atoms. The van der Waals surface area contributed by atoms with E-state index in [1.165, 1.54) is 12.7 Å². The van der Waals surface area contributed by atoms with E-state index < -0.39 is 0 Å². The number of benzene rings is 1. The van der Waals surface area contributed by atoms with Gasteiger partial charge < -0.3 is 9.64 Å². The van der Waals surface area contributed by atoms with E-state index in [9.17, 15) is 4.79 Å². The number of fused-ring (bicyclic) bond motifs is 3. The summed E-state index contributed by atoms with van der Waals surface area (Å²) in [4.78, 5) is 18.5. The first kappa shape index (κ1) is 15.7. The molecule has 25 heavy (non-hydrogen) atoms. The van der Waals surface area contributed by atoms with Crippen LogP contribution in [0.2, 0.25) is 0 Å². The Hall–Kier alpha value is -2.80. The van der Waals surface area contributed by atoms with Crippen LogP contribution in [-0.2, 0) is 11.2 Å². The Morgan fingerprint density at radius 3 is 2.80 bits per heavy atom. The Balaban J connectivity index is 1.58. The molecule has 4 heteroatoms. The molecule has 2 aromatic rings. The summed E-state index contributed by atoms with van der Waals surface area (Å²) in [6.45, 7) is 0.749. The third-order valence-corrected chi connectivity index (χ3v) is 5.14. The minimum Gasteiger partial charge on any atom is -0.453 e. The van der Waals surface area contributed by atoms with Crippen molar-refractivity contribution < 1.29 is 9.53 Å². The number of likely N-dealkylation sites (tertiary alicyclic amines) is 1. The van der Waals surface area contributed by atoms with Crippen LogP contribution in [0.4, 0.5) is 4.79 Å². The molecule has 2 atom stereocenters. The molecule has 126 valence electrons. The van der Waals surface area contributed by atoms with Gasteiger partial charge in [-0.05, 0) is 43.0 Å². The van der Waals surface area contributed by atoms with Crippen LogP contribution in [0.15, 0.2) is 42.6 Å². The second-order valence-corrected chi connectivity index (χ2v) is 6.55. The van der Waals surface area contributed by atoms with Gasteiger partial charge in [0.15, 0.2) is 0 Å². The molecule has 1 aliphatic carbocycles. The van der Waals surface area contributed by atoms with E-state index >= 15 is 0 Å². The number of carbonyl (C=O) groups excluding carboxylic acids is 1. The van der Waals surface area contributed by atoms with E-state index in [-0.39, 0.29) is 12.1 Å². The SMILES string of the molecule is COC(=O)N1CC[C@H]2c3ncc(C#Cc4ccccc4)cc3CC[C@H]21. The van der Waals surface area contributed by atoms with Crippen molar-refractivity contribution in [2.45, 2.75) is 31.2 Å². The Morgan fingerprint density at radius 1 is 1.20 bits per heavy atom. The molecule has 2 aliphatic rings. The molecule has 0 saturated carbocycles. The van der Waals surface area contributed by atoms with Gasteiger partial charge in [0.05, 0.1) is 7.11 Å². The van der Waals surface area contributed by atoms with Gasteiger partial charge >= 0.3 is 6.09 Å². The van der Waals surface area contributed by atoms with E-state index in [2.05, 4.69) is 17.9 Å². The maximum absolute atomic E-state index is 11.9. The quantitative estimate of drug-likeness (QED) is 0.695. The van der Waals surface area contributed by atoms with Crippen molar-refractivity contribution in [2.75, 3.05) is 13.7 Å². The number of ether oxygens (including phenoxy) is 1. The minimum absolute atomic E-state index is 0.216. The smallest absolute Gasteiger partial charge is 0.409 e. The highest BCUT2D eigenvalue weighted by Crippen LogP contribution is 2.40. The lowest BCUT2D eigenvalue weighted by Crippen LogP contribution is -2.39. The number of amides is 1. The number of carbonyl (C=O) groups is 1. The van der Waals surface area contributed by atoms with Crippen molar-refractivity contribution in [3.63, 3.8) is 0 Å². The largest absolute Gasteiger partial charge is 0.453 e.